The standard InChI is InChI=1S/C19H29N5/c1-5-12-24(13-6-2)19-22-17(14-20-23-19)21-18-15(7-3)10-9-11-16(18)8-4/h9-11,14H,5-8,12-13H2,1-4H3,(H,21,22,23). The Bertz CT molecular complexity index is 613. The van der Waals surface area contributed by atoms with Gasteiger partial charge >= 0.3 is 0 Å². The number of aryl methyl sites for hydroxylation is 2. The molecule has 1 aromatic heterocycles. The maximum atomic E-state index is 4.70. The molecule has 0 saturated heterocycles. The van der Waals surface area contributed by atoms with Crippen molar-refractivity contribution in [2.45, 2.75) is 53.4 Å². The average molecular weight is 327 g/mol. The van der Waals surface area contributed by atoms with Crippen LogP contribution in [0.3, 0.4) is 0 Å². The number of para-hydroxylation sites is 1. The molecule has 0 bridgehead atoms. The molecule has 5 heteroatoms. The third-order valence-corrected chi connectivity index (χ3v) is 4.07. The second-order valence-corrected chi connectivity index (χ2v) is 5.91. The van der Waals surface area contributed by atoms with E-state index in [0.717, 1.165) is 50.3 Å². The van der Waals surface area contributed by atoms with Crippen LogP contribution >= 0.6 is 0 Å². The van der Waals surface area contributed by atoms with E-state index in [1.54, 1.807) is 6.20 Å². The van der Waals surface area contributed by atoms with Gasteiger partial charge in [-0.2, -0.15) is 10.1 Å². The zero-order chi connectivity index (χ0) is 17.4. The summed E-state index contributed by atoms with van der Waals surface area (Å²) >= 11 is 0. The summed E-state index contributed by atoms with van der Waals surface area (Å²) in [5, 5.41) is 11.9. The Morgan fingerprint density at radius 3 is 2.12 bits per heavy atom. The molecule has 1 aromatic carbocycles. The first-order valence-electron chi connectivity index (χ1n) is 9.05. The molecule has 0 fully saturated rings. The van der Waals surface area contributed by atoms with Crippen molar-refractivity contribution in [1.29, 1.82) is 0 Å². The second kappa shape index (κ2) is 9.21. The quantitative estimate of drug-likeness (QED) is 0.741. The molecule has 0 aliphatic carbocycles. The third kappa shape index (κ3) is 4.43. The van der Waals surface area contributed by atoms with Gasteiger partial charge in [-0.1, -0.05) is 45.9 Å². The molecule has 0 aliphatic rings. The monoisotopic (exact) mass is 327 g/mol. The van der Waals surface area contributed by atoms with Gasteiger partial charge in [0.05, 0.1) is 6.20 Å². The normalized spacial score (nSPS) is 10.7. The fraction of sp³-hybridized carbons (Fsp3) is 0.526. The van der Waals surface area contributed by atoms with Gasteiger partial charge in [0.1, 0.15) is 0 Å². The summed E-state index contributed by atoms with van der Waals surface area (Å²) in [6, 6.07) is 6.45. The Morgan fingerprint density at radius 1 is 0.958 bits per heavy atom. The highest BCUT2D eigenvalue weighted by molar-refractivity contribution is 5.65. The number of aromatic nitrogens is 3. The number of nitrogens with one attached hydrogen (secondary N) is 1. The molecule has 0 atom stereocenters. The minimum absolute atomic E-state index is 0.704. The van der Waals surface area contributed by atoms with Crippen molar-refractivity contribution >= 4 is 17.5 Å². The molecule has 2 rings (SSSR count). The van der Waals surface area contributed by atoms with Gasteiger partial charge in [0.25, 0.3) is 0 Å². The molecule has 2 aromatic rings. The molecule has 0 unspecified atom stereocenters. The zero-order valence-corrected chi connectivity index (χ0v) is 15.3. The molecule has 0 saturated carbocycles. The molecule has 1 heterocycles. The van der Waals surface area contributed by atoms with E-state index in [9.17, 15) is 0 Å². The van der Waals surface area contributed by atoms with Gasteiger partial charge in [-0.3, -0.25) is 0 Å². The van der Waals surface area contributed by atoms with Crippen molar-refractivity contribution in [3.05, 3.63) is 35.5 Å². The van der Waals surface area contributed by atoms with Gasteiger partial charge in [0, 0.05) is 18.8 Å². The molecule has 5 nitrogen and oxygen atoms in total. The number of anilines is 3. The van der Waals surface area contributed by atoms with E-state index in [-0.39, 0.29) is 0 Å². The van der Waals surface area contributed by atoms with Crippen LogP contribution in [0.15, 0.2) is 24.4 Å². The summed E-state index contributed by atoms with van der Waals surface area (Å²) in [7, 11) is 0. The van der Waals surface area contributed by atoms with Gasteiger partial charge in [0.15, 0.2) is 5.82 Å². The smallest absolute Gasteiger partial charge is 0.247 e. The van der Waals surface area contributed by atoms with Crippen molar-refractivity contribution in [3.8, 4) is 0 Å². The Kier molecular flexibility index (Phi) is 6.97. The van der Waals surface area contributed by atoms with Crippen LogP contribution in [0, 0.1) is 0 Å². The van der Waals surface area contributed by atoms with Gasteiger partial charge in [0.2, 0.25) is 5.95 Å². The molecular formula is C19H29N5. The lowest BCUT2D eigenvalue weighted by atomic mass is 10.0. The van der Waals surface area contributed by atoms with Crippen molar-refractivity contribution in [2.24, 2.45) is 0 Å². The molecule has 130 valence electrons. The van der Waals surface area contributed by atoms with E-state index in [2.05, 4.69) is 66.3 Å². The van der Waals surface area contributed by atoms with Crippen molar-refractivity contribution in [1.82, 2.24) is 15.2 Å². The molecule has 24 heavy (non-hydrogen) atoms. The number of rotatable bonds is 9. The van der Waals surface area contributed by atoms with Crippen LogP contribution in [0.25, 0.3) is 0 Å². The van der Waals surface area contributed by atoms with Crippen LogP contribution in [0.4, 0.5) is 17.5 Å². The predicted octanol–water partition coefficient (Wildman–Crippen LogP) is 4.37. The van der Waals surface area contributed by atoms with Crippen LogP contribution in [0.5, 0.6) is 0 Å². The van der Waals surface area contributed by atoms with Crippen molar-refractivity contribution in [2.75, 3.05) is 23.3 Å². The van der Waals surface area contributed by atoms with Crippen LogP contribution in [0.1, 0.15) is 51.7 Å². The minimum atomic E-state index is 0.704. The first-order chi connectivity index (χ1) is 11.7. The lowest BCUT2D eigenvalue weighted by molar-refractivity contribution is 0.711. The van der Waals surface area contributed by atoms with E-state index in [1.807, 2.05) is 0 Å². The van der Waals surface area contributed by atoms with Crippen LogP contribution in [-0.4, -0.2) is 28.3 Å². The van der Waals surface area contributed by atoms with Gasteiger partial charge < -0.3 is 10.2 Å². The van der Waals surface area contributed by atoms with Crippen LogP contribution in [-0.2, 0) is 12.8 Å². The summed E-state index contributed by atoms with van der Waals surface area (Å²) in [6.07, 6.45) is 5.81. The Labute approximate surface area is 145 Å². The number of hydrogen-bond donors (Lipinski definition) is 1. The Balaban J connectivity index is 2.30. The molecule has 0 spiro atoms. The highest BCUT2D eigenvalue weighted by atomic mass is 15.3. The lowest BCUT2D eigenvalue weighted by Gasteiger charge is -2.21. The molecular weight excluding hydrogens is 298 g/mol. The topological polar surface area (TPSA) is 53.9 Å². The van der Waals surface area contributed by atoms with Gasteiger partial charge in [-0.25, -0.2) is 0 Å². The second-order valence-electron chi connectivity index (χ2n) is 5.91. The molecule has 0 amide bonds. The average Bonchev–Trinajstić information content (AvgIpc) is 2.62. The first-order valence-corrected chi connectivity index (χ1v) is 9.05. The summed E-state index contributed by atoms with van der Waals surface area (Å²) in [5.41, 5.74) is 3.76. The lowest BCUT2D eigenvalue weighted by Crippen LogP contribution is -2.27. The van der Waals surface area contributed by atoms with E-state index in [4.69, 9.17) is 4.98 Å². The Morgan fingerprint density at radius 2 is 1.58 bits per heavy atom. The summed E-state index contributed by atoms with van der Waals surface area (Å²) < 4.78 is 0. The highest BCUT2D eigenvalue weighted by Gasteiger charge is 2.11. The SMILES string of the molecule is CCCN(CCC)c1nncc(Nc2c(CC)cccc2CC)n1. The highest BCUT2D eigenvalue weighted by Crippen LogP contribution is 2.26. The largest absolute Gasteiger partial charge is 0.339 e. The van der Waals surface area contributed by atoms with E-state index in [0.29, 0.717) is 5.95 Å². The Hall–Kier alpha value is -2.17. The minimum Gasteiger partial charge on any atom is -0.339 e. The maximum absolute atomic E-state index is 4.70. The molecule has 1 N–H and O–H groups in total. The van der Waals surface area contributed by atoms with Crippen LogP contribution in [0.2, 0.25) is 0 Å². The van der Waals surface area contributed by atoms with E-state index < -0.39 is 0 Å². The van der Waals surface area contributed by atoms with Crippen molar-refractivity contribution < 1.29 is 0 Å². The van der Waals surface area contributed by atoms with Gasteiger partial charge in [-0.05, 0) is 36.8 Å². The molecule has 0 aliphatic heterocycles. The summed E-state index contributed by atoms with van der Waals surface area (Å²) in [6.45, 7) is 10.6. The van der Waals surface area contributed by atoms with E-state index >= 15 is 0 Å². The predicted molar refractivity (Wildman–Crippen MR) is 101 cm³/mol. The summed E-state index contributed by atoms with van der Waals surface area (Å²) in [5.74, 6) is 1.46. The van der Waals surface area contributed by atoms with Crippen LogP contribution < -0.4 is 10.2 Å². The fourth-order valence-corrected chi connectivity index (χ4v) is 2.87. The van der Waals surface area contributed by atoms with Gasteiger partial charge in [-0.15, -0.1) is 5.10 Å². The summed E-state index contributed by atoms with van der Waals surface area (Å²) in [4.78, 5) is 6.90. The zero-order valence-electron chi connectivity index (χ0n) is 15.3. The molecule has 0 radical (unpaired) electrons. The van der Waals surface area contributed by atoms with Crippen molar-refractivity contribution in [3.63, 3.8) is 0 Å². The van der Waals surface area contributed by atoms with E-state index in [1.165, 1.54) is 11.1 Å². The first kappa shape index (κ1) is 18.2. The maximum Gasteiger partial charge on any atom is 0.247 e. The number of hydrogen-bond acceptors (Lipinski definition) is 5. The third-order valence-electron chi connectivity index (χ3n) is 4.07. The fourth-order valence-electron chi connectivity index (χ4n) is 2.87. The number of nitrogens with zero attached hydrogens (tertiary/aromatic N) is 4. The number of benzene rings is 1.